The van der Waals surface area contributed by atoms with E-state index in [1.807, 2.05) is 18.2 Å². The number of nitrogens with zero attached hydrogens (tertiary/aromatic N) is 3. The number of halogens is 1. The number of carbonyl (C=O) groups excluding carboxylic acids is 1. The number of benzene rings is 2. The molecule has 1 fully saturated rings. The topological polar surface area (TPSA) is 70.6 Å². The maximum absolute atomic E-state index is 13.9. The summed E-state index contributed by atoms with van der Waals surface area (Å²) < 4.78 is 41.7. The van der Waals surface area contributed by atoms with Gasteiger partial charge in [0, 0.05) is 32.6 Å². The summed E-state index contributed by atoms with van der Waals surface area (Å²) >= 11 is 1.69. The molecule has 6 nitrogen and oxygen atoms in total. The molecule has 0 atom stereocenters. The van der Waals surface area contributed by atoms with E-state index in [9.17, 15) is 17.6 Å². The Labute approximate surface area is 185 Å². The van der Waals surface area contributed by atoms with Crippen molar-refractivity contribution in [2.24, 2.45) is 0 Å². The highest BCUT2D eigenvalue weighted by atomic mass is 32.2. The van der Waals surface area contributed by atoms with Crippen molar-refractivity contribution in [1.82, 2.24) is 14.2 Å². The van der Waals surface area contributed by atoms with E-state index in [1.165, 1.54) is 27.2 Å². The fourth-order valence-corrected chi connectivity index (χ4v) is 6.20. The largest absolute Gasteiger partial charge is 0.340 e. The van der Waals surface area contributed by atoms with Crippen LogP contribution in [0.4, 0.5) is 4.39 Å². The highest BCUT2D eigenvalue weighted by Gasteiger charge is 2.31. The number of piperazine rings is 1. The van der Waals surface area contributed by atoms with Gasteiger partial charge in [-0.25, -0.2) is 17.8 Å². The third kappa shape index (κ3) is 4.94. The van der Waals surface area contributed by atoms with E-state index >= 15 is 0 Å². The normalized spacial score (nSPS) is 15.5. The average molecular weight is 462 g/mol. The van der Waals surface area contributed by atoms with Gasteiger partial charge in [-0.15, -0.1) is 11.3 Å². The molecule has 0 radical (unpaired) electrons. The van der Waals surface area contributed by atoms with Gasteiger partial charge in [-0.3, -0.25) is 4.79 Å². The first-order valence-corrected chi connectivity index (χ1v) is 12.6. The Hall–Kier alpha value is -2.36. The van der Waals surface area contributed by atoms with Crippen LogP contribution in [0.5, 0.6) is 0 Å². The van der Waals surface area contributed by atoms with Crippen LogP contribution in [0.2, 0.25) is 0 Å². The summed E-state index contributed by atoms with van der Waals surface area (Å²) in [4.78, 5) is 18.5. The highest BCUT2D eigenvalue weighted by Crippen LogP contribution is 2.23. The number of hydrogen-bond donors (Lipinski definition) is 0. The molecule has 2 heterocycles. The maximum Gasteiger partial charge on any atom is 0.246 e. The van der Waals surface area contributed by atoms with Crippen molar-refractivity contribution in [3.63, 3.8) is 0 Å². The van der Waals surface area contributed by atoms with Crippen molar-refractivity contribution < 1.29 is 17.6 Å². The summed E-state index contributed by atoms with van der Waals surface area (Å²) in [6.07, 6.45) is 2.93. The highest BCUT2D eigenvalue weighted by molar-refractivity contribution is 7.89. The summed E-state index contributed by atoms with van der Waals surface area (Å²) in [7, 11) is -3.89. The lowest BCUT2D eigenvalue weighted by atomic mass is 10.1. The molecular weight excluding hydrogens is 437 g/mol. The second kappa shape index (κ2) is 9.42. The Morgan fingerprint density at radius 1 is 1.00 bits per heavy atom. The quantitative estimate of drug-likeness (QED) is 0.503. The van der Waals surface area contributed by atoms with Gasteiger partial charge in [0.2, 0.25) is 15.9 Å². The van der Waals surface area contributed by atoms with E-state index in [1.54, 1.807) is 16.2 Å². The van der Waals surface area contributed by atoms with Gasteiger partial charge in [-0.05, 0) is 43.5 Å². The molecule has 31 heavy (non-hydrogen) atoms. The zero-order valence-corrected chi connectivity index (χ0v) is 18.7. The van der Waals surface area contributed by atoms with E-state index in [0.29, 0.717) is 19.5 Å². The zero-order chi connectivity index (χ0) is 21.8. The lowest BCUT2D eigenvalue weighted by Gasteiger charge is -2.34. The molecule has 0 aliphatic carbocycles. The Balaban J connectivity index is 1.23. The number of carbonyl (C=O) groups is 1. The summed E-state index contributed by atoms with van der Waals surface area (Å²) in [6.45, 7) is 0.997. The predicted octanol–water partition coefficient (Wildman–Crippen LogP) is 3.68. The van der Waals surface area contributed by atoms with Crippen molar-refractivity contribution in [3.05, 3.63) is 59.4 Å². The number of unbranched alkanes of at least 4 members (excludes halogenated alkanes) is 1. The molecule has 1 aliphatic rings. The van der Waals surface area contributed by atoms with Gasteiger partial charge >= 0.3 is 0 Å². The van der Waals surface area contributed by atoms with E-state index in [-0.39, 0.29) is 23.9 Å². The van der Waals surface area contributed by atoms with Crippen molar-refractivity contribution in [1.29, 1.82) is 0 Å². The third-order valence-corrected chi connectivity index (χ3v) is 8.44. The summed E-state index contributed by atoms with van der Waals surface area (Å²) in [6, 6.07) is 13.4. The Bertz CT molecular complexity index is 1140. The van der Waals surface area contributed by atoms with Crippen LogP contribution in [-0.4, -0.2) is 54.7 Å². The van der Waals surface area contributed by atoms with E-state index in [2.05, 4.69) is 11.1 Å². The molecule has 164 valence electrons. The molecule has 3 aromatic rings. The number of para-hydroxylation sites is 1. The van der Waals surface area contributed by atoms with Gasteiger partial charge in [0.1, 0.15) is 10.7 Å². The number of fused-ring (bicyclic) bond motifs is 1. The minimum Gasteiger partial charge on any atom is -0.340 e. The number of aromatic nitrogens is 1. The van der Waals surface area contributed by atoms with Crippen LogP contribution in [0.25, 0.3) is 10.2 Å². The van der Waals surface area contributed by atoms with E-state index < -0.39 is 15.8 Å². The molecule has 1 aliphatic heterocycles. The molecule has 1 amide bonds. The lowest BCUT2D eigenvalue weighted by Crippen LogP contribution is -2.50. The first kappa shape index (κ1) is 21.9. The summed E-state index contributed by atoms with van der Waals surface area (Å²) in [5, 5.41) is 1.08. The SMILES string of the molecule is O=C(CCCCc1nc2ccccc2s1)N1CCN(S(=O)(=O)c2ccccc2F)CC1. The standard InChI is InChI=1S/C22H24FN3O3S2/c23-17-7-1-4-10-20(17)31(28,29)26-15-13-25(14-16-26)22(27)12-6-5-11-21-24-18-8-2-3-9-19(18)30-21/h1-4,7-10H,5-6,11-16H2. The van der Waals surface area contributed by atoms with Crippen LogP contribution in [0, 0.1) is 5.82 Å². The smallest absolute Gasteiger partial charge is 0.246 e. The second-order valence-electron chi connectivity index (χ2n) is 7.50. The second-order valence-corrected chi connectivity index (χ2v) is 10.5. The molecule has 4 rings (SSSR count). The van der Waals surface area contributed by atoms with Crippen LogP contribution in [0.3, 0.4) is 0 Å². The van der Waals surface area contributed by atoms with Gasteiger partial charge in [-0.2, -0.15) is 4.31 Å². The number of rotatable bonds is 7. The van der Waals surface area contributed by atoms with Gasteiger partial charge in [0.05, 0.1) is 15.2 Å². The van der Waals surface area contributed by atoms with Crippen LogP contribution >= 0.6 is 11.3 Å². The Morgan fingerprint density at radius 2 is 1.71 bits per heavy atom. The molecule has 1 aromatic heterocycles. The number of amides is 1. The zero-order valence-electron chi connectivity index (χ0n) is 17.0. The number of thiazole rings is 1. The molecule has 9 heteroatoms. The molecule has 0 saturated carbocycles. The van der Waals surface area contributed by atoms with Crippen molar-refractivity contribution in [2.45, 2.75) is 30.6 Å². The van der Waals surface area contributed by atoms with Crippen molar-refractivity contribution >= 4 is 37.5 Å². The molecule has 0 N–H and O–H groups in total. The molecule has 2 aromatic carbocycles. The van der Waals surface area contributed by atoms with Gasteiger partial charge in [0.25, 0.3) is 0 Å². The monoisotopic (exact) mass is 461 g/mol. The van der Waals surface area contributed by atoms with Crippen LogP contribution in [-0.2, 0) is 21.2 Å². The first-order valence-electron chi connectivity index (χ1n) is 10.3. The summed E-state index contributed by atoms with van der Waals surface area (Å²) in [5.41, 5.74) is 1.02. The minimum atomic E-state index is -3.89. The predicted molar refractivity (Wildman–Crippen MR) is 119 cm³/mol. The van der Waals surface area contributed by atoms with Crippen molar-refractivity contribution in [3.8, 4) is 0 Å². The van der Waals surface area contributed by atoms with Crippen LogP contribution in [0.1, 0.15) is 24.3 Å². The Kier molecular flexibility index (Phi) is 6.64. The number of sulfonamides is 1. The fraction of sp³-hybridized carbons (Fsp3) is 0.364. The first-order chi connectivity index (χ1) is 14.9. The number of hydrogen-bond acceptors (Lipinski definition) is 5. The minimum absolute atomic E-state index is 0.0345. The van der Waals surface area contributed by atoms with Crippen LogP contribution < -0.4 is 0 Å². The molecule has 0 spiro atoms. The van der Waals surface area contributed by atoms with E-state index in [4.69, 9.17) is 0 Å². The molecule has 0 unspecified atom stereocenters. The molecule has 1 saturated heterocycles. The third-order valence-electron chi connectivity index (χ3n) is 5.42. The van der Waals surface area contributed by atoms with Crippen molar-refractivity contribution in [2.75, 3.05) is 26.2 Å². The molecular formula is C22H24FN3O3S2. The lowest BCUT2D eigenvalue weighted by molar-refractivity contribution is -0.132. The number of aryl methyl sites for hydroxylation is 1. The van der Waals surface area contributed by atoms with E-state index in [0.717, 1.165) is 35.9 Å². The van der Waals surface area contributed by atoms with Gasteiger partial charge < -0.3 is 4.90 Å². The average Bonchev–Trinajstić information content (AvgIpc) is 3.20. The summed E-state index contributed by atoms with van der Waals surface area (Å²) in [5.74, 6) is -0.721. The van der Waals surface area contributed by atoms with Gasteiger partial charge in [-0.1, -0.05) is 24.3 Å². The fourth-order valence-electron chi connectivity index (χ4n) is 3.71. The Morgan fingerprint density at radius 3 is 2.45 bits per heavy atom. The van der Waals surface area contributed by atoms with Crippen LogP contribution in [0.15, 0.2) is 53.4 Å². The van der Waals surface area contributed by atoms with Gasteiger partial charge in [0.15, 0.2) is 0 Å². The molecule has 0 bridgehead atoms. The maximum atomic E-state index is 13.9.